The van der Waals surface area contributed by atoms with Crippen LogP contribution in [0.4, 0.5) is 0 Å². The van der Waals surface area contributed by atoms with E-state index in [1.54, 1.807) is 11.3 Å². The van der Waals surface area contributed by atoms with Crippen LogP contribution in [-0.4, -0.2) is 26.5 Å². The first kappa shape index (κ1) is 12.6. The van der Waals surface area contributed by atoms with Crippen LogP contribution in [-0.2, 0) is 13.0 Å². The minimum atomic E-state index is 0.107. The summed E-state index contributed by atoms with van der Waals surface area (Å²) < 4.78 is 3.14. The summed E-state index contributed by atoms with van der Waals surface area (Å²) in [6, 6.07) is 2.11. The average molecular weight is 275 g/mol. The number of aliphatic hydroxyl groups is 1. The third kappa shape index (κ3) is 1.84. The Morgan fingerprint density at radius 3 is 2.84 bits per heavy atom. The number of hydrogen-bond donors (Lipinski definition) is 1. The Labute approximate surface area is 115 Å². The molecule has 1 N–H and O–H groups in total. The van der Waals surface area contributed by atoms with Gasteiger partial charge in [0.25, 0.3) is 0 Å². The number of rotatable bonds is 3. The quantitative estimate of drug-likeness (QED) is 0.799. The van der Waals surface area contributed by atoms with Crippen molar-refractivity contribution in [2.45, 2.75) is 33.7 Å². The number of aliphatic hydroxyl groups excluding tert-OH is 1. The van der Waals surface area contributed by atoms with Crippen molar-refractivity contribution in [1.29, 1.82) is 0 Å². The fourth-order valence-corrected chi connectivity index (χ4v) is 3.94. The summed E-state index contributed by atoms with van der Waals surface area (Å²) in [4.78, 5) is 5.71. The van der Waals surface area contributed by atoms with Gasteiger partial charge in [-0.25, -0.2) is 4.98 Å². The zero-order valence-electron chi connectivity index (χ0n) is 11.4. The number of nitrogens with zero attached hydrogens (tertiary/aromatic N) is 3. The molecule has 0 unspecified atom stereocenters. The van der Waals surface area contributed by atoms with E-state index in [1.807, 2.05) is 11.6 Å². The van der Waals surface area contributed by atoms with E-state index in [2.05, 4.69) is 30.0 Å². The molecule has 0 aliphatic rings. The molecule has 0 fully saturated rings. The SMILES string of the molecule is CCc1nn(CCO)c2c1sc1nc(C)cc(C)c12. The molecule has 3 aromatic heterocycles. The van der Waals surface area contributed by atoms with Crippen LogP contribution < -0.4 is 0 Å². The fourth-order valence-electron chi connectivity index (χ4n) is 2.59. The topological polar surface area (TPSA) is 50.9 Å². The van der Waals surface area contributed by atoms with Gasteiger partial charge in [0.05, 0.1) is 29.1 Å². The van der Waals surface area contributed by atoms with Crippen molar-refractivity contribution in [3.8, 4) is 0 Å². The second kappa shape index (κ2) is 4.58. The zero-order chi connectivity index (χ0) is 13.6. The molecule has 3 rings (SSSR count). The summed E-state index contributed by atoms with van der Waals surface area (Å²) in [6.45, 7) is 6.90. The summed E-state index contributed by atoms with van der Waals surface area (Å²) >= 11 is 1.71. The molecular weight excluding hydrogens is 258 g/mol. The lowest BCUT2D eigenvalue weighted by Gasteiger charge is -2.02. The third-order valence-corrected chi connectivity index (χ3v) is 4.49. The molecule has 0 spiro atoms. The summed E-state index contributed by atoms with van der Waals surface area (Å²) in [5.41, 5.74) is 4.52. The molecule has 4 nitrogen and oxygen atoms in total. The second-order valence-electron chi connectivity index (χ2n) is 4.79. The second-order valence-corrected chi connectivity index (χ2v) is 5.79. The van der Waals surface area contributed by atoms with Crippen LogP contribution in [0.3, 0.4) is 0 Å². The molecule has 0 radical (unpaired) electrons. The maximum atomic E-state index is 9.21. The Balaban J connectivity index is 2.44. The van der Waals surface area contributed by atoms with E-state index in [0.29, 0.717) is 6.54 Å². The molecule has 0 bridgehead atoms. The van der Waals surface area contributed by atoms with Crippen molar-refractivity contribution in [2.24, 2.45) is 0 Å². The number of thiophene rings is 1. The molecule has 5 heteroatoms. The predicted octanol–water partition coefficient (Wildman–Crippen LogP) is 2.82. The van der Waals surface area contributed by atoms with Gasteiger partial charge in [0.15, 0.2) is 0 Å². The maximum absolute atomic E-state index is 9.21. The average Bonchev–Trinajstić information content (AvgIpc) is 2.87. The van der Waals surface area contributed by atoms with Crippen molar-refractivity contribution < 1.29 is 5.11 Å². The lowest BCUT2D eigenvalue weighted by Crippen LogP contribution is -2.04. The number of aryl methyl sites for hydroxylation is 3. The Bertz CT molecular complexity index is 757. The van der Waals surface area contributed by atoms with E-state index >= 15 is 0 Å². The summed E-state index contributed by atoms with van der Waals surface area (Å²) in [5, 5.41) is 15.0. The first-order valence-corrected chi connectivity index (χ1v) is 7.34. The van der Waals surface area contributed by atoms with Gasteiger partial charge in [0, 0.05) is 11.1 Å². The van der Waals surface area contributed by atoms with Gasteiger partial charge < -0.3 is 5.11 Å². The van der Waals surface area contributed by atoms with Crippen molar-refractivity contribution in [2.75, 3.05) is 6.61 Å². The summed E-state index contributed by atoms with van der Waals surface area (Å²) in [6.07, 6.45) is 0.903. The van der Waals surface area contributed by atoms with Gasteiger partial charge in [-0.15, -0.1) is 11.3 Å². The molecule has 0 saturated carbocycles. The minimum absolute atomic E-state index is 0.107. The molecular formula is C14H17N3OS. The highest BCUT2D eigenvalue weighted by Crippen LogP contribution is 2.37. The molecule has 19 heavy (non-hydrogen) atoms. The Morgan fingerprint density at radius 1 is 1.37 bits per heavy atom. The van der Waals surface area contributed by atoms with Crippen LogP contribution in [0.25, 0.3) is 20.4 Å². The highest BCUT2D eigenvalue weighted by atomic mass is 32.1. The normalized spacial score (nSPS) is 11.8. The van der Waals surface area contributed by atoms with Crippen LogP contribution in [0.1, 0.15) is 23.9 Å². The molecule has 0 aromatic carbocycles. The van der Waals surface area contributed by atoms with Gasteiger partial charge in [0.1, 0.15) is 4.83 Å². The lowest BCUT2D eigenvalue weighted by atomic mass is 10.1. The van der Waals surface area contributed by atoms with Crippen LogP contribution in [0, 0.1) is 13.8 Å². The third-order valence-electron chi connectivity index (χ3n) is 3.37. The van der Waals surface area contributed by atoms with Gasteiger partial charge in [-0.3, -0.25) is 4.68 Å². The summed E-state index contributed by atoms with van der Waals surface area (Å²) in [7, 11) is 0. The van der Waals surface area contributed by atoms with E-state index in [1.165, 1.54) is 15.6 Å². The maximum Gasteiger partial charge on any atom is 0.126 e. The van der Waals surface area contributed by atoms with Crippen LogP contribution in [0.15, 0.2) is 6.07 Å². The predicted molar refractivity (Wildman–Crippen MR) is 78.8 cm³/mol. The van der Waals surface area contributed by atoms with E-state index in [-0.39, 0.29) is 6.61 Å². The van der Waals surface area contributed by atoms with Gasteiger partial charge in [0.2, 0.25) is 0 Å². The van der Waals surface area contributed by atoms with E-state index in [4.69, 9.17) is 0 Å². The van der Waals surface area contributed by atoms with Gasteiger partial charge in [-0.05, 0) is 31.9 Å². The molecule has 0 aliphatic carbocycles. The molecule has 0 amide bonds. The molecule has 100 valence electrons. The number of hydrogen-bond acceptors (Lipinski definition) is 4. The minimum Gasteiger partial charge on any atom is -0.394 e. The summed E-state index contributed by atoms with van der Waals surface area (Å²) in [5.74, 6) is 0. The molecule has 3 heterocycles. The highest BCUT2D eigenvalue weighted by molar-refractivity contribution is 7.25. The number of fused-ring (bicyclic) bond motifs is 3. The molecule has 0 atom stereocenters. The van der Waals surface area contributed by atoms with Gasteiger partial charge in [-0.1, -0.05) is 6.92 Å². The Hall–Kier alpha value is -1.46. The van der Waals surface area contributed by atoms with E-state index in [0.717, 1.165) is 28.2 Å². The first-order valence-electron chi connectivity index (χ1n) is 6.52. The molecule has 0 saturated heterocycles. The standard InChI is InChI=1S/C14H17N3OS/c1-4-10-13-12(17(16-10)5-6-18)11-8(2)7-9(3)15-14(11)19-13/h7,18H,4-6H2,1-3H3. The van der Waals surface area contributed by atoms with Crippen molar-refractivity contribution in [3.63, 3.8) is 0 Å². The van der Waals surface area contributed by atoms with Crippen LogP contribution in [0.2, 0.25) is 0 Å². The van der Waals surface area contributed by atoms with Crippen molar-refractivity contribution in [1.82, 2.24) is 14.8 Å². The molecule has 3 aromatic rings. The Morgan fingerprint density at radius 2 is 2.16 bits per heavy atom. The smallest absolute Gasteiger partial charge is 0.126 e. The highest BCUT2D eigenvalue weighted by Gasteiger charge is 2.18. The van der Waals surface area contributed by atoms with Crippen molar-refractivity contribution >= 4 is 31.8 Å². The van der Waals surface area contributed by atoms with Crippen LogP contribution >= 0.6 is 11.3 Å². The lowest BCUT2D eigenvalue weighted by molar-refractivity contribution is 0.271. The number of aromatic nitrogens is 3. The number of pyridine rings is 1. The fraction of sp³-hybridized carbons (Fsp3) is 0.429. The largest absolute Gasteiger partial charge is 0.394 e. The monoisotopic (exact) mass is 275 g/mol. The van der Waals surface area contributed by atoms with Gasteiger partial charge in [-0.2, -0.15) is 5.10 Å². The zero-order valence-corrected chi connectivity index (χ0v) is 12.2. The van der Waals surface area contributed by atoms with E-state index in [9.17, 15) is 5.11 Å². The van der Waals surface area contributed by atoms with Crippen LogP contribution in [0.5, 0.6) is 0 Å². The first-order chi connectivity index (χ1) is 9.15. The molecule has 0 aliphatic heterocycles. The van der Waals surface area contributed by atoms with Crippen molar-refractivity contribution in [3.05, 3.63) is 23.0 Å². The Kier molecular flexibility index (Phi) is 3.03. The van der Waals surface area contributed by atoms with E-state index < -0.39 is 0 Å². The van der Waals surface area contributed by atoms with Gasteiger partial charge >= 0.3 is 0 Å².